The lowest BCUT2D eigenvalue weighted by Gasteiger charge is -2.17. The molecular weight excluding hydrogens is 278 g/mol. The number of rotatable bonds is 10. The molecule has 22 heavy (non-hydrogen) atoms. The van der Waals surface area contributed by atoms with Crippen LogP contribution in [-0.2, 0) is 14.3 Å². The van der Waals surface area contributed by atoms with E-state index in [1.54, 1.807) is 4.90 Å². The third kappa shape index (κ3) is 6.30. The van der Waals surface area contributed by atoms with Gasteiger partial charge in [-0.1, -0.05) is 11.6 Å². The normalized spacial score (nSPS) is 19.9. The highest BCUT2D eigenvalue weighted by molar-refractivity contribution is 5.98. The van der Waals surface area contributed by atoms with E-state index in [9.17, 15) is 9.59 Å². The van der Waals surface area contributed by atoms with E-state index >= 15 is 0 Å². The Morgan fingerprint density at radius 1 is 1.18 bits per heavy atom. The van der Waals surface area contributed by atoms with E-state index in [2.05, 4.69) is 26.8 Å². The standard InChI is InChI=1S/C18H31NO3/c1-6-19(7-2)17(21)13-15(20)10-8-9-14(3)11-12-16-18(4,5)22-16/h9,16H,6-8,10-13H2,1-5H3. The maximum atomic E-state index is 11.8. The molecule has 4 heteroatoms. The predicted octanol–water partition coefficient (Wildman–Crippen LogP) is 3.50. The zero-order valence-electron chi connectivity index (χ0n) is 14.8. The third-order valence-corrected chi connectivity index (χ3v) is 4.35. The molecule has 1 heterocycles. The first kappa shape index (κ1) is 18.9. The molecule has 0 N–H and O–H groups in total. The maximum Gasteiger partial charge on any atom is 0.229 e. The Kier molecular flexibility index (Phi) is 7.27. The molecule has 1 amide bonds. The van der Waals surface area contributed by atoms with Gasteiger partial charge in [-0.15, -0.1) is 0 Å². The number of carbonyl (C=O) groups excluding carboxylic acids is 2. The van der Waals surface area contributed by atoms with Crippen molar-refractivity contribution in [3.63, 3.8) is 0 Å². The van der Waals surface area contributed by atoms with Gasteiger partial charge in [-0.05, 0) is 53.9 Å². The summed E-state index contributed by atoms with van der Waals surface area (Å²) in [5, 5.41) is 0. The number of nitrogens with zero attached hydrogens (tertiary/aromatic N) is 1. The summed E-state index contributed by atoms with van der Waals surface area (Å²) < 4.78 is 5.56. The average Bonchev–Trinajstić information content (AvgIpc) is 3.05. The van der Waals surface area contributed by atoms with Gasteiger partial charge in [0.05, 0.1) is 18.1 Å². The Morgan fingerprint density at radius 2 is 1.77 bits per heavy atom. The summed E-state index contributed by atoms with van der Waals surface area (Å²) in [6, 6.07) is 0. The first-order valence-corrected chi connectivity index (χ1v) is 8.43. The molecule has 0 aromatic carbocycles. The molecule has 0 aromatic heterocycles. The second-order valence-electron chi connectivity index (χ2n) is 6.62. The minimum absolute atomic E-state index is 0.0348. The second kappa shape index (κ2) is 8.47. The number of carbonyl (C=O) groups is 2. The van der Waals surface area contributed by atoms with E-state index in [0.717, 1.165) is 19.3 Å². The quantitative estimate of drug-likeness (QED) is 0.352. The molecule has 1 fully saturated rings. The van der Waals surface area contributed by atoms with Crippen LogP contribution in [0.2, 0.25) is 0 Å². The minimum atomic E-state index is -0.0520. The van der Waals surface area contributed by atoms with Crippen molar-refractivity contribution in [3.05, 3.63) is 11.6 Å². The second-order valence-corrected chi connectivity index (χ2v) is 6.62. The van der Waals surface area contributed by atoms with Crippen molar-refractivity contribution < 1.29 is 14.3 Å². The molecular formula is C18H31NO3. The fraction of sp³-hybridized carbons (Fsp3) is 0.778. The molecule has 1 atom stereocenters. The Labute approximate surface area is 134 Å². The van der Waals surface area contributed by atoms with Gasteiger partial charge in [0.25, 0.3) is 0 Å². The predicted molar refractivity (Wildman–Crippen MR) is 88.7 cm³/mol. The van der Waals surface area contributed by atoms with Crippen LogP contribution in [0.15, 0.2) is 11.6 Å². The molecule has 0 aliphatic carbocycles. The summed E-state index contributed by atoms with van der Waals surface area (Å²) in [5.41, 5.74) is 1.36. The van der Waals surface area contributed by atoms with Gasteiger partial charge in [0.2, 0.25) is 5.91 Å². The number of Topliss-reactive ketones (excluding diaryl/α,β-unsaturated/α-hetero) is 1. The number of hydrogen-bond donors (Lipinski definition) is 0. The summed E-state index contributed by atoms with van der Waals surface area (Å²) in [5.74, 6) is -0.0172. The highest BCUT2D eigenvalue weighted by atomic mass is 16.6. The lowest BCUT2D eigenvalue weighted by Crippen LogP contribution is -2.31. The first-order chi connectivity index (χ1) is 10.3. The number of ketones is 1. The smallest absolute Gasteiger partial charge is 0.229 e. The van der Waals surface area contributed by atoms with Crippen LogP contribution in [0, 0.1) is 0 Å². The van der Waals surface area contributed by atoms with E-state index in [-0.39, 0.29) is 23.7 Å². The molecule has 1 saturated heterocycles. The van der Waals surface area contributed by atoms with Crippen molar-refractivity contribution in [2.24, 2.45) is 0 Å². The van der Waals surface area contributed by atoms with Gasteiger partial charge in [-0.3, -0.25) is 9.59 Å². The molecule has 1 unspecified atom stereocenters. The van der Waals surface area contributed by atoms with Crippen molar-refractivity contribution in [2.45, 2.75) is 78.4 Å². The summed E-state index contributed by atoms with van der Waals surface area (Å²) >= 11 is 0. The Morgan fingerprint density at radius 3 is 2.27 bits per heavy atom. The molecule has 4 nitrogen and oxygen atoms in total. The molecule has 0 saturated carbocycles. The third-order valence-electron chi connectivity index (χ3n) is 4.35. The van der Waals surface area contributed by atoms with Crippen LogP contribution in [0.5, 0.6) is 0 Å². The van der Waals surface area contributed by atoms with Crippen molar-refractivity contribution in [2.75, 3.05) is 13.1 Å². The van der Waals surface area contributed by atoms with E-state index < -0.39 is 0 Å². The first-order valence-electron chi connectivity index (χ1n) is 8.43. The van der Waals surface area contributed by atoms with Crippen LogP contribution in [0.3, 0.4) is 0 Å². The Balaban J connectivity index is 2.20. The van der Waals surface area contributed by atoms with Gasteiger partial charge in [-0.25, -0.2) is 0 Å². The Bertz CT molecular complexity index is 422. The van der Waals surface area contributed by atoms with Gasteiger partial charge in [0.15, 0.2) is 0 Å². The van der Waals surface area contributed by atoms with E-state index in [1.165, 1.54) is 5.57 Å². The SMILES string of the molecule is CCN(CC)C(=O)CC(=O)CCC=C(C)CCC1OC1(C)C. The monoisotopic (exact) mass is 309 g/mol. The summed E-state index contributed by atoms with van der Waals surface area (Å²) in [7, 11) is 0. The lowest BCUT2D eigenvalue weighted by atomic mass is 10.0. The molecule has 0 bridgehead atoms. The maximum absolute atomic E-state index is 11.8. The molecule has 1 aliphatic rings. The lowest BCUT2D eigenvalue weighted by molar-refractivity contribution is -0.135. The molecule has 0 aromatic rings. The number of ether oxygens (including phenoxy) is 1. The van der Waals surface area contributed by atoms with Crippen molar-refractivity contribution >= 4 is 11.7 Å². The highest BCUT2D eigenvalue weighted by Gasteiger charge is 2.46. The minimum Gasteiger partial charge on any atom is -0.367 e. The van der Waals surface area contributed by atoms with Gasteiger partial charge >= 0.3 is 0 Å². The summed E-state index contributed by atoms with van der Waals surface area (Å²) in [6.07, 6.45) is 5.78. The zero-order valence-corrected chi connectivity index (χ0v) is 14.8. The van der Waals surface area contributed by atoms with Crippen molar-refractivity contribution in [1.29, 1.82) is 0 Å². The average molecular weight is 309 g/mol. The topological polar surface area (TPSA) is 49.9 Å². The molecule has 126 valence electrons. The van der Waals surface area contributed by atoms with Crippen LogP contribution in [0.1, 0.15) is 66.7 Å². The number of amides is 1. The number of epoxide rings is 1. The van der Waals surface area contributed by atoms with Crippen LogP contribution in [0.4, 0.5) is 0 Å². The zero-order chi connectivity index (χ0) is 16.8. The van der Waals surface area contributed by atoms with E-state index in [0.29, 0.717) is 25.6 Å². The molecule has 0 radical (unpaired) electrons. The fourth-order valence-corrected chi connectivity index (χ4v) is 2.62. The van der Waals surface area contributed by atoms with Crippen LogP contribution in [0.25, 0.3) is 0 Å². The van der Waals surface area contributed by atoms with Gasteiger partial charge in [0, 0.05) is 19.5 Å². The molecule has 0 spiro atoms. The van der Waals surface area contributed by atoms with Crippen LogP contribution in [-0.4, -0.2) is 41.4 Å². The van der Waals surface area contributed by atoms with Crippen LogP contribution >= 0.6 is 0 Å². The number of hydrogen-bond acceptors (Lipinski definition) is 3. The summed E-state index contributed by atoms with van der Waals surface area (Å²) in [4.78, 5) is 25.4. The van der Waals surface area contributed by atoms with Gasteiger partial charge < -0.3 is 9.64 Å². The Hall–Kier alpha value is -1.16. The summed E-state index contributed by atoms with van der Waals surface area (Å²) in [6.45, 7) is 11.5. The largest absolute Gasteiger partial charge is 0.367 e. The van der Waals surface area contributed by atoms with Crippen molar-refractivity contribution in [1.82, 2.24) is 4.90 Å². The van der Waals surface area contributed by atoms with E-state index in [4.69, 9.17) is 4.74 Å². The highest BCUT2D eigenvalue weighted by Crippen LogP contribution is 2.38. The number of allylic oxidation sites excluding steroid dienone is 2. The van der Waals surface area contributed by atoms with Gasteiger partial charge in [-0.2, -0.15) is 0 Å². The fourth-order valence-electron chi connectivity index (χ4n) is 2.62. The van der Waals surface area contributed by atoms with Crippen molar-refractivity contribution in [3.8, 4) is 0 Å². The molecule has 1 rings (SSSR count). The van der Waals surface area contributed by atoms with Gasteiger partial charge in [0.1, 0.15) is 5.78 Å². The van der Waals surface area contributed by atoms with E-state index in [1.807, 2.05) is 13.8 Å². The van der Waals surface area contributed by atoms with Crippen LogP contribution < -0.4 is 0 Å². The molecule has 1 aliphatic heterocycles.